The van der Waals surface area contributed by atoms with Crippen LogP contribution in [-0.2, 0) is 14.4 Å². The van der Waals surface area contributed by atoms with Gasteiger partial charge in [-0.25, -0.2) is 0 Å². The van der Waals surface area contributed by atoms with Gasteiger partial charge in [0.25, 0.3) is 0 Å². The van der Waals surface area contributed by atoms with E-state index in [1.54, 1.807) is 0 Å². The van der Waals surface area contributed by atoms with Gasteiger partial charge in [0, 0.05) is 64.7 Å². The lowest BCUT2D eigenvalue weighted by atomic mass is 10.3. The van der Waals surface area contributed by atoms with E-state index < -0.39 is 5.97 Å². The van der Waals surface area contributed by atoms with Crippen molar-refractivity contribution in [3.63, 3.8) is 0 Å². The Balaban J connectivity index is 1.55. The lowest BCUT2D eigenvalue weighted by Gasteiger charge is -2.37. The number of carbonyl (C=O) groups is 3. The number of carboxylic acids is 1. The number of piperazine rings is 1. The zero-order valence-corrected chi connectivity index (χ0v) is 18.4. The Morgan fingerprint density at radius 3 is 2.20 bits per heavy atom. The molecule has 1 atom stereocenters. The van der Waals surface area contributed by atoms with Crippen LogP contribution in [0.15, 0.2) is 0 Å². The van der Waals surface area contributed by atoms with Crippen molar-refractivity contribution in [1.29, 1.82) is 0 Å². The summed E-state index contributed by atoms with van der Waals surface area (Å²) >= 11 is 0. The summed E-state index contributed by atoms with van der Waals surface area (Å²) in [6, 6.07) is 0.459. The van der Waals surface area contributed by atoms with Crippen LogP contribution in [0, 0.1) is 0 Å². The van der Waals surface area contributed by atoms with Gasteiger partial charge in [0.15, 0.2) is 0 Å². The summed E-state index contributed by atoms with van der Waals surface area (Å²) < 4.78 is 0. The van der Waals surface area contributed by atoms with Crippen molar-refractivity contribution in [2.45, 2.75) is 51.5 Å². The normalized spacial score (nSPS) is 20.9. The van der Waals surface area contributed by atoms with Gasteiger partial charge in [-0.3, -0.25) is 24.2 Å². The van der Waals surface area contributed by atoms with Crippen molar-refractivity contribution in [3.8, 4) is 0 Å². The molecule has 3 N–H and O–H groups in total. The highest BCUT2D eigenvalue weighted by Crippen LogP contribution is 2.18. The summed E-state index contributed by atoms with van der Waals surface area (Å²) in [5, 5.41) is 14.2. The van der Waals surface area contributed by atoms with Crippen LogP contribution >= 0.6 is 0 Å². The van der Waals surface area contributed by atoms with Crippen molar-refractivity contribution in [1.82, 2.24) is 25.3 Å². The molecule has 1 unspecified atom stereocenters. The molecule has 9 heteroatoms. The lowest BCUT2D eigenvalue weighted by Crippen LogP contribution is -2.51. The monoisotopic (exact) mass is 436 g/mol. The zero-order valence-electron chi connectivity index (χ0n) is 18.4. The van der Waals surface area contributed by atoms with Gasteiger partial charge in [-0.1, -0.05) is 6.92 Å². The number of hydrogen-bond donors (Lipinski definition) is 3. The number of likely N-dealkylation sites (tertiary alicyclic amines) is 1. The minimum Gasteiger partial charge on any atom is -0.481 e. The Kier molecular flexibility index (Phi) is 11.1. The molecule has 2 heterocycles. The highest BCUT2D eigenvalue weighted by atomic mass is 16.4. The predicted octanol–water partition coefficient (Wildman–Crippen LogP) is -0.0343. The van der Waals surface area contributed by atoms with Crippen molar-refractivity contribution >= 4 is 17.8 Å². The molecule has 2 amide bonds. The number of carboxylic acid groups (broad SMARTS) is 1. The molecule has 2 fully saturated rings. The molecular formula is C21H39N5O4. The van der Waals surface area contributed by atoms with Crippen LogP contribution in [0.25, 0.3) is 0 Å². The average Bonchev–Trinajstić information content (AvgIpc) is 3.15. The van der Waals surface area contributed by atoms with E-state index >= 15 is 0 Å². The summed E-state index contributed by atoms with van der Waals surface area (Å²) in [4.78, 5) is 41.7. The van der Waals surface area contributed by atoms with E-state index in [0.29, 0.717) is 44.9 Å². The number of nitrogens with zero attached hydrogens (tertiary/aromatic N) is 3. The minimum atomic E-state index is -0.855. The first-order valence-electron chi connectivity index (χ1n) is 11.4. The highest BCUT2D eigenvalue weighted by Gasteiger charge is 2.28. The van der Waals surface area contributed by atoms with Gasteiger partial charge in [0.05, 0.1) is 6.54 Å². The molecule has 2 aliphatic heterocycles. The van der Waals surface area contributed by atoms with Crippen LogP contribution in [0.1, 0.15) is 45.4 Å². The second-order valence-corrected chi connectivity index (χ2v) is 8.30. The SMILES string of the molecule is CCN1[13CH2][13CH2]N([13CH2][13CH]2[13CH2][13CH2][13CH2][15N]2CC(=O)[15NH]CCCC(=O)NCCCC(=O)O)[13CH2][13CH2]1. The summed E-state index contributed by atoms with van der Waals surface area (Å²) in [7, 11) is 0. The van der Waals surface area contributed by atoms with E-state index in [-0.39, 0.29) is 18.2 Å². The van der Waals surface area contributed by atoms with Crippen molar-refractivity contribution < 1.29 is 19.5 Å². The fraction of sp³-hybridized carbons (Fsp3) is 0.857. The number of hydrogen-bond acceptors (Lipinski definition) is 6. The van der Waals surface area contributed by atoms with Gasteiger partial charge in [-0.2, -0.15) is 0 Å². The Hall–Kier alpha value is -1.71. The first-order valence-corrected chi connectivity index (χ1v) is 11.4. The maximum Gasteiger partial charge on any atom is 0.303 e. The molecule has 2 aliphatic rings. The van der Waals surface area contributed by atoms with Gasteiger partial charge in [-0.15, -0.1) is 0 Å². The minimum absolute atomic E-state index is 0.0274. The summed E-state index contributed by atoms with van der Waals surface area (Å²) in [5.74, 6) is -0.928. The van der Waals surface area contributed by atoms with Crippen molar-refractivity contribution in [2.75, 3.05) is 65.4 Å². The van der Waals surface area contributed by atoms with E-state index in [4.69, 9.17) is 5.11 Å². The number of rotatable bonds is 13. The topological polar surface area (TPSA) is 105 Å². The fourth-order valence-corrected chi connectivity index (χ4v) is 4.17. The molecule has 0 radical (unpaired) electrons. The van der Waals surface area contributed by atoms with Crippen LogP contribution in [0.5, 0.6) is 0 Å². The Morgan fingerprint density at radius 2 is 1.53 bits per heavy atom. The average molecular weight is 436 g/mol. The van der Waals surface area contributed by atoms with E-state index in [9.17, 15) is 14.4 Å². The molecule has 0 saturated carbocycles. The molecule has 0 aromatic rings. The third-order valence-electron chi connectivity index (χ3n) is 6.02. The molecule has 0 spiro atoms. The van der Waals surface area contributed by atoms with E-state index in [0.717, 1.165) is 58.7 Å². The third-order valence-corrected chi connectivity index (χ3v) is 6.02. The molecule has 0 aliphatic carbocycles. The molecule has 2 rings (SSSR count). The second kappa shape index (κ2) is 13.6. The van der Waals surface area contributed by atoms with Gasteiger partial charge in [0.1, 0.15) is 0 Å². The molecular weight excluding hydrogens is 397 g/mol. The van der Waals surface area contributed by atoms with Crippen molar-refractivity contribution in [3.05, 3.63) is 0 Å². The maximum atomic E-state index is 12.3. The van der Waals surface area contributed by atoms with Gasteiger partial charge in [-0.05, 0) is 38.8 Å². The maximum absolute atomic E-state index is 12.3. The number of nitrogens with one attached hydrogen (secondary N) is 2. The van der Waals surface area contributed by atoms with Gasteiger partial charge in [0.2, 0.25) is 11.8 Å². The molecule has 0 aromatic carbocycles. The Morgan fingerprint density at radius 1 is 0.900 bits per heavy atom. The first-order chi connectivity index (χ1) is 14.5. The molecule has 0 aromatic heterocycles. The first kappa shape index (κ1) is 24.6. The summed E-state index contributed by atoms with van der Waals surface area (Å²) in [5.41, 5.74) is 0. The van der Waals surface area contributed by atoms with E-state index in [1.165, 1.54) is 0 Å². The lowest BCUT2D eigenvalue weighted by molar-refractivity contribution is -0.137. The smallest absolute Gasteiger partial charge is 0.303 e. The Bertz CT molecular complexity index is 552. The number of likely N-dealkylation sites (N-methyl/N-ethyl adjacent to an activating group) is 1. The molecule has 0 bridgehead atoms. The Labute approximate surface area is 180 Å². The predicted molar refractivity (Wildman–Crippen MR) is 115 cm³/mol. The molecule has 172 valence electrons. The quantitative estimate of drug-likeness (QED) is 0.211. The van der Waals surface area contributed by atoms with Crippen LogP contribution in [-0.4, -0.2) is 109 Å². The second-order valence-electron chi connectivity index (χ2n) is 8.30. The summed E-state index contributed by atoms with van der Waals surface area (Å²) in [6.45, 7) is 11.1. The third kappa shape index (κ3) is 9.40. The van der Waals surface area contributed by atoms with Crippen LogP contribution in [0.2, 0.25) is 0 Å². The molecule has 30 heavy (non-hydrogen) atoms. The number of aliphatic carboxylic acids is 1. The van der Waals surface area contributed by atoms with Crippen LogP contribution in [0.3, 0.4) is 0 Å². The number of amides is 2. The van der Waals surface area contributed by atoms with E-state index in [2.05, 4.69) is 32.3 Å². The van der Waals surface area contributed by atoms with Crippen molar-refractivity contribution in [2.24, 2.45) is 0 Å². The molecule has 2 saturated heterocycles. The standard InChI is InChI=1S/C21H39N5O4/c1-2-24-12-14-25(15-13-24)16-18-6-5-11-26(18)17-20(28)23-9-3-7-19(27)22-10-4-8-21(29)30/h18H,2-17H2,1H3,(H,22,27)(H,23,28)(H,29,30)/i5+1,6+1,11+1,12+1,13+1,14+1,15+1,16+1,18+1,23+1,26+1. The van der Waals surface area contributed by atoms with Gasteiger partial charge >= 0.3 is 5.97 Å². The van der Waals surface area contributed by atoms with Crippen LogP contribution in [0.4, 0.5) is 0 Å². The van der Waals surface area contributed by atoms with E-state index in [1.807, 2.05) is 0 Å². The van der Waals surface area contributed by atoms with Crippen LogP contribution < -0.4 is 10.6 Å². The molecule has 9 nitrogen and oxygen atoms in total. The number of carbonyl (C=O) groups excluding carboxylic acids is 2. The largest absolute Gasteiger partial charge is 0.481 e. The summed E-state index contributed by atoms with van der Waals surface area (Å²) in [6.07, 6.45) is 3.72. The zero-order chi connectivity index (χ0) is 21.8. The van der Waals surface area contributed by atoms with Gasteiger partial charge < -0.3 is 20.6 Å². The fourth-order valence-electron chi connectivity index (χ4n) is 4.17. The highest BCUT2D eigenvalue weighted by molar-refractivity contribution is 5.78.